The van der Waals surface area contributed by atoms with Crippen LogP contribution in [0.2, 0.25) is 0 Å². The van der Waals surface area contributed by atoms with Gasteiger partial charge in [0.15, 0.2) is 17.3 Å². The Kier molecular flexibility index (Phi) is 4.68. The Balaban J connectivity index is 2.06. The third-order valence-corrected chi connectivity index (χ3v) is 5.02. The normalized spacial score (nSPS) is 10.9. The van der Waals surface area contributed by atoms with Crippen molar-refractivity contribution < 1.29 is 9.47 Å². The zero-order chi connectivity index (χ0) is 20.5. The van der Waals surface area contributed by atoms with Crippen LogP contribution in [-0.2, 0) is 0 Å². The number of hydrogen-bond donors (Lipinski definition) is 2. The van der Waals surface area contributed by atoms with Crippen molar-refractivity contribution in [3.05, 3.63) is 60.3 Å². The fourth-order valence-corrected chi connectivity index (χ4v) is 3.51. The Bertz CT molecular complexity index is 1220. The van der Waals surface area contributed by atoms with Crippen molar-refractivity contribution in [3.8, 4) is 34.0 Å². The van der Waals surface area contributed by atoms with Crippen LogP contribution in [0.3, 0.4) is 0 Å². The van der Waals surface area contributed by atoms with Gasteiger partial charge in [-0.2, -0.15) is 0 Å². The van der Waals surface area contributed by atoms with Gasteiger partial charge in [0.25, 0.3) is 0 Å². The molecule has 146 valence electrons. The molecule has 3 aromatic carbocycles. The summed E-state index contributed by atoms with van der Waals surface area (Å²) in [6, 6.07) is 15.5. The summed E-state index contributed by atoms with van der Waals surface area (Å²) in [5.41, 5.74) is 17.8. The Morgan fingerprint density at radius 3 is 2.41 bits per heavy atom. The number of rotatable bonds is 4. The summed E-state index contributed by atoms with van der Waals surface area (Å²) >= 11 is 0. The van der Waals surface area contributed by atoms with E-state index in [2.05, 4.69) is 4.98 Å². The molecule has 0 bridgehead atoms. The molecule has 0 saturated carbocycles. The molecule has 0 unspecified atom stereocenters. The third-order valence-electron chi connectivity index (χ3n) is 5.02. The number of aryl methyl sites for hydroxylation is 1. The highest BCUT2D eigenvalue weighted by Gasteiger charge is 2.22. The molecule has 6 nitrogen and oxygen atoms in total. The summed E-state index contributed by atoms with van der Waals surface area (Å²) in [4.78, 5) is 9.36. The van der Waals surface area contributed by atoms with E-state index in [1.807, 2.05) is 61.7 Å². The molecule has 0 atom stereocenters. The monoisotopic (exact) mass is 386 g/mol. The van der Waals surface area contributed by atoms with Crippen LogP contribution in [0, 0.1) is 6.92 Å². The van der Waals surface area contributed by atoms with Crippen LogP contribution in [0.4, 0.5) is 11.4 Å². The predicted octanol–water partition coefficient (Wildman–Crippen LogP) is 4.45. The molecule has 4 rings (SSSR count). The van der Waals surface area contributed by atoms with E-state index in [9.17, 15) is 0 Å². The maximum absolute atomic E-state index is 6.50. The van der Waals surface area contributed by atoms with Crippen molar-refractivity contribution in [2.75, 3.05) is 25.7 Å². The van der Waals surface area contributed by atoms with Crippen LogP contribution in [0.15, 0.2) is 54.7 Å². The highest BCUT2D eigenvalue weighted by molar-refractivity contribution is 5.98. The summed E-state index contributed by atoms with van der Waals surface area (Å²) in [6.07, 6.45) is 1.81. The van der Waals surface area contributed by atoms with Gasteiger partial charge in [-0.1, -0.05) is 30.3 Å². The van der Waals surface area contributed by atoms with Crippen molar-refractivity contribution in [1.29, 1.82) is 0 Å². The van der Waals surface area contributed by atoms with E-state index >= 15 is 0 Å². The smallest absolute Gasteiger partial charge is 0.168 e. The van der Waals surface area contributed by atoms with Crippen LogP contribution in [-0.4, -0.2) is 24.2 Å². The highest BCUT2D eigenvalue weighted by Crippen LogP contribution is 2.46. The third kappa shape index (κ3) is 3.08. The second-order valence-corrected chi connectivity index (χ2v) is 6.74. The van der Waals surface area contributed by atoms with E-state index in [1.165, 1.54) is 0 Å². The van der Waals surface area contributed by atoms with Gasteiger partial charge in [-0.15, -0.1) is 0 Å². The number of nitrogen functional groups attached to an aromatic ring is 2. The van der Waals surface area contributed by atoms with Crippen molar-refractivity contribution in [2.24, 2.45) is 0 Å². The maximum atomic E-state index is 6.50. The van der Waals surface area contributed by atoms with E-state index in [0.717, 1.165) is 33.2 Å². The van der Waals surface area contributed by atoms with Gasteiger partial charge < -0.3 is 20.9 Å². The molecule has 1 aromatic heterocycles. The SMILES string of the molecule is COc1cccc(-c2c(-c3ncc4ccccc4n3)cc(C)c(N)c2N)c1OC. The molecule has 0 aliphatic rings. The van der Waals surface area contributed by atoms with Gasteiger partial charge in [0.05, 0.1) is 31.1 Å². The number of nitrogens with two attached hydrogens (primary N) is 2. The first kappa shape index (κ1) is 18.6. The van der Waals surface area contributed by atoms with E-state index < -0.39 is 0 Å². The van der Waals surface area contributed by atoms with Crippen molar-refractivity contribution in [2.45, 2.75) is 6.92 Å². The molecule has 0 saturated heterocycles. The second kappa shape index (κ2) is 7.31. The van der Waals surface area contributed by atoms with Gasteiger partial charge in [0.2, 0.25) is 0 Å². The average Bonchev–Trinajstić information content (AvgIpc) is 2.76. The van der Waals surface area contributed by atoms with Crippen LogP contribution in [0.25, 0.3) is 33.4 Å². The van der Waals surface area contributed by atoms with Crippen molar-refractivity contribution in [3.63, 3.8) is 0 Å². The van der Waals surface area contributed by atoms with Gasteiger partial charge in [-0.25, -0.2) is 9.97 Å². The minimum Gasteiger partial charge on any atom is -0.493 e. The maximum Gasteiger partial charge on any atom is 0.168 e. The fraction of sp³-hybridized carbons (Fsp3) is 0.130. The number of ether oxygens (including phenoxy) is 2. The number of aromatic nitrogens is 2. The van der Waals surface area contributed by atoms with Crippen LogP contribution in [0.5, 0.6) is 11.5 Å². The number of nitrogens with zero attached hydrogens (tertiary/aromatic N) is 2. The first-order valence-electron chi connectivity index (χ1n) is 9.17. The van der Waals surface area contributed by atoms with E-state index in [1.54, 1.807) is 14.2 Å². The topological polar surface area (TPSA) is 96.3 Å². The molecule has 0 radical (unpaired) electrons. The van der Waals surface area contributed by atoms with Gasteiger partial charge >= 0.3 is 0 Å². The summed E-state index contributed by atoms with van der Waals surface area (Å²) < 4.78 is 11.1. The Morgan fingerprint density at radius 1 is 0.862 bits per heavy atom. The fourth-order valence-electron chi connectivity index (χ4n) is 3.51. The first-order valence-corrected chi connectivity index (χ1v) is 9.17. The summed E-state index contributed by atoms with van der Waals surface area (Å²) in [5, 5.41) is 0.969. The number of hydrogen-bond acceptors (Lipinski definition) is 6. The van der Waals surface area contributed by atoms with E-state index in [-0.39, 0.29) is 0 Å². The lowest BCUT2D eigenvalue weighted by Gasteiger charge is -2.19. The highest BCUT2D eigenvalue weighted by atomic mass is 16.5. The van der Waals surface area contributed by atoms with Crippen LogP contribution < -0.4 is 20.9 Å². The number of methoxy groups -OCH3 is 2. The average molecular weight is 386 g/mol. The van der Waals surface area contributed by atoms with Crippen molar-refractivity contribution in [1.82, 2.24) is 9.97 Å². The number of benzene rings is 3. The van der Waals surface area contributed by atoms with Gasteiger partial charge in [-0.05, 0) is 30.7 Å². The quantitative estimate of drug-likeness (QED) is 0.503. The molecule has 4 N–H and O–H groups in total. The molecule has 0 aliphatic heterocycles. The van der Waals surface area contributed by atoms with Crippen LogP contribution >= 0.6 is 0 Å². The zero-order valence-electron chi connectivity index (χ0n) is 16.6. The Morgan fingerprint density at radius 2 is 1.66 bits per heavy atom. The Hall–Kier alpha value is -3.80. The largest absolute Gasteiger partial charge is 0.493 e. The standard InChI is InChI=1S/C23H22N4O2/c1-13-11-16(23-26-12-14-7-4-5-9-17(14)27-23)19(21(25)20(13)24)15-8-6-10-18(28-2)22(15)29-3/h4-12H,24-25H2,1-3H3. The Labute approximate surface area is 169 Å². The summed E-state index contributed by atoms with van der Waals surface area (Å²) in [6.45, 7) is 1.92. The molecule has 1 heterocycles. The molecule has 6 heteroatoms. The number of para-hydroxylation sites is 2. The lowest BCUT2D eigenvalue weighted by molar-refractivity contribution is 0.356. The molecular weight excluding hydrogens is 364 g/mol. The molecule has 4 aromatic rings. The molecule has 29 heavy (non-hydrogen) atoms. The van der Waals surface area contributed by atoms with E-state index in [0.29, 0.717) is 28.7 Å². The molecule has 0 amide bonds. The molecular formula is C23H22N4O2. The predicted molar refractivity (Wildman–Crippen MR) is 117 cm³/mol. The lowest BCUT2D eigenvalue weighted by atomic mass is 9.93. The second-order valence-electron chi connectivity index (χ2n) is 6.74. The molecule has 0 spiro atoms. The minimum atomic E-state index is 0.461. The van der Waals surface area contributed by atoms with Crippen molar-refractivity contribution >= 4 is 22.3 Å². The number of fused-ring (bicyclic) bond motifs is 1. The van der Waals surface area contributed by atoms with E-state index in [4.69, 9.17) is 25.9 Å². The lowest BCUT2D eigenvalue weighted by Crippen LogP contribution is -2.04. The van der Waals surface area contributed by atoms with Gasteiger partial charge in [-0.3, -0.25) is 0 Å². The number of anilines is 2. The minimum absolute atomic E-state index is 0.461. The first-order chi connectivity index (χ1) is 14.0. The molecule has 0 aliphatic carbocycles. The van der Waals surface area contributed by atoms with Crippen LogP contribution in [0.1, 0.15) is 5.56 Å². The molecule has 0 fully saturated rings. The zero-order valence-corrected chi connectivity index (χ0v) is 16.6. The summed E-state index contributed by atoms with van der Waals surface area (Å²) in [7, 11) is 3.20. The van der Waals surface area contributed by atoms with Gasteiger partial charge in [0, 0.05) is 28.3 Å². The van der Waals surface area contributed by atoms with Gasteiger partial charge in [0.1, 0.15) is 0 Å². The summed E-state index contributed by atoms with van der Waals surface area (Å²) in [5.74, 6) is 1.75.